The average molecular weight is 110 g/mol. The Morgan fingerprint density at radius 2 is 2.00 bits per heavy atom. The summed E-state index contributed by atoms with van der Waals surface area (Å²) in [6.45, 7) is 7.10. The van der Waals surface area contributed by atoms with Gasteiger partial charge in [0.2, 0.25) is 0 Å². The Morgan fingerprint density at radius 3 is 2.38 bits per heavy atom. The second-order valence-corrected chi connectivity index (χ2v) is 1.56. The van der Waals surface area contributed by atoms with Crippen LogP contribution in [0.2, 0.25) is 0 Å². The Balaban J connectivity index is 3.57. The molecule has 0 aromatic carbocycles. The minimum atomic E-state index is 1.02. The normalized spacial score (nSPS) is 9.25. The van der Waals surface area contributed by atoms with Crippen molar-refractivity contribution in [3.8, 4) is 0 Å². The summed E-state index contributed by atoms with van der Waals surface area (Å²) in [7, 11) is 0. The highest BCUT2D eigenvalue weighted by Crippen LogP contribution is 1.77. The maximum atomic E-state index is 3.92. The smallest absolute Gasteiger partial charge is 0.0449 e. The largest absolute Gasteiger partial charge is 0.271 e. The lowest BCUT2D eigenvalue weighted by Crippen LogP contribution is -1.74. The van der Waals surface area contributed by atoms with Gasteiger partial charge < -0.3 is 0 Å². The van der Waals surface area contributed by atoms with Gasteiger partial charge in [0, 0.05) is 18.1 Å². The molecule has 0 spiro atoms. The molecule has 0 rings (SSSR count). The minimum absolute atomic E-state index is 1.02. The highest BCUT2D eigenvalue weighted by Gasteiger charge is 1.67. The molecule has 0 aromatic heterocycles. The summed E-state index contributed by atoms with van der Waals surface area (Å²) < 4.78 is 0. The third-order valence-electron chi connectivity index (χ3n) is 0.505. The van der Waals surface area contributed by atoms with Crippen molar-refractivity contribution < 1.29 is 0 Å². The van der Waals surface area contributed by atoms with Crippen LogP contribution in [0.1, 0.15) is 13.8 Å². The van der Waals surface area contributed by atoms with E-state index in [0.717, 1.165) is 5.71 Å². The molecular formula is C6H10N2. The van der Waals surface area contributed by atoms with Crippen LogP contribution in [0, 0.1) is 0 Å². The monoisotopic (exact) mass is 110 g/mol. The van der Waals surface area contributed by atoms with E-state index in [-0.39, 0.29) is 0 Å². The number of rotatable bonds is 2. The molecule has 0 radical (unpaired) electrons. The fraction of sp³-hybridized carbons (Fsp3) is 0.333. The third-order valence-corrected chi connectivity index (χ3v) is 0.505. The molecule has 0 heterocycles. The predicted octanol–water partition coefficient (Wildman–Crippen LogP) is 1.64. The van der Waals surface area contributed by atoms with Gasteiger partial charge in [-0.05, 0) is 20.6 Å². The summed E-state index contributed by atoms with van der Waals surface area (Å²) in [6.07, 6.45) is 3.16. The van der Waals surface area contributed by atoms with Gasteiger partial charge in [0.05, 0.1) is 0 Å². The van der Waals surface area contributed by atoms with Crippen LogP contribution in [0.3, 0.4) is 0 Å². The zero-order chi connectivity index (χ0) is 6.41. The Hall–Kier alpha value is -0.920. The predicted molar refractivity (Wildman–Crippen MR) is 37.5 cm³/mol. The molecule has 0 unspecified atom stereocenters. The third kappa shape index (κ3) is 5.08. The molecular weight excluding hydrogens is 100 g/mol. The van der Waals surface area contributed by atoms with Crippen LogP contribution >= 0.6 is 0 Å². The zero-order valence-electron chi connectivity index (χ0n) is 5.26. The van der Waals surface area contributed by atoms with Crippen LogP contribution < -0.4 is 0 Å². The number of hydrogen-bond acceptors (Lipinski definition) is 2. The van der Waals surface area contributed by atoms with E-state index in [4.69, 9.17) is 0 Å². The maximum Gasteiger partial charge on any atom is 0.0449 e. The van der Waals surface area contributed by atoms with Crippen molar-refractivity contribution in [2.75, 3.05) is 0 Å². The Morgan fingerprint density at radius 1 is 1.38 bits per heavy atom. The van der Waals surface area contributed by atoms with Crippen LogP contribution in [-0.2, 0) is 0 Å². The van der Waals surface area contributed by atoms with Gasteiger partial charge in [0.25, 0.3) is 0 Å². The summed E-state index contributed by atoms with van der Waals surface area (Å²) in [5.41, 5.74) is 1.02. The van der Waals surface area contributed by atoms with E-state index in [1.54, 1.807) is 12.4 Å². The summed E-state index contributed by atoms with van der Waals surface area (Å²) in [6, 6.07) is 0. The second-order valence-electron chi connectivity index (χ2n) is 1.56. The van der Waals surface area contributed by atoms with Gasteiger partial charge >= 0.3 is 0 Å². The molecule has 0 atom stereocenters. The van der Waals surface area contributed by atoms with Gasteiger partial charge in [0.15, 0.2) is 0 Å². The fourth-order valence-electron chi connectivity index (χ4n) is 0.230. The van der Waals surface area contributed by atoms with Crippen molar-refractivity contribution in [2.45, 2.75) is 13.8 Å². The standard InChI is InChI=1S/C6H10N2/c1-6(2)8-5-4-7-3/h4-5H,3H2,1-2H3/b5-4-. The van der Waals surface area contributed by atoms with Gasteiger partial charge in [-0.3, -0.25) is 9.98 Å². The molecule has 0 saturated heterocycles. The summed E-state index contributed by atoms with van der Waals surface area (Å²) >= 11 is 0. The Bertz CT molecular complexity index is 118. The van der Waals surface area contributed by atoms with Crippen LogP contribution in [0.25, 0.3) is 0 Å². The zero-order valence-corrected chi connectivity index (χ0v) is 5.26. The van der Waals surface area contributed by atoms with Crippen LogP contribution in [-0.4, -0.2) is 12.4 Å². The first-order chi connectivity index (χ1) is 3.77. The molecule has 0 bridgehead atoms. The Kier molecular flexibility index (Phi) is 3.76. The lowest BCUT2D eigenvalue weighted by molar-refractivity contribution is 1.45. The molecule has 0 aromatic rings. The molecule has 44 valence electrons. The number of nitrogens with zero attached hydrogens (tertiary/aromatic N) is 2. The number of aliphatic imine (C=N–C) groups is 2. The molecule has 0 saturated carbocycles. The van der Waals surface area contributed by atoms with Gasteiger partial charge in [-0.1, -0.05) is 0 Å². The van der Waals surface area contributed by atoms with E-state index < -0.39 is 0 Å². The molecule has 0 N–H and O–H groups in total. The number of hydrogen-bond donors (Lipinski definition) is 0. The van der Waals surface area contributed by atoms with E-state index in [9.17, 15) is 0 Å². The van der Waals surface area contributed by atoms with Gasteiger partial charge in [-0.25, -0.2) is 0 Å². The van der Waals surface area contributed by atoms with Crippen LogP contribution in [0.4, 0.5) is 0 Å². The Labute approximate surface area is 49.7 Å². The van der Waals surface area contributed by atoms with E-state index >= 15 is 0 Å². The molecule has 0 aliphatic carbocycles. The molecule has 2 heteroatoms. The summed E-state index contributed by atoms with van der Waals surface area (Å²) in [4.78, 5) is 7.39. The van der Waals surface area contributed by atoms with Crippen LogP contribution in [0.5, 0.6) is 0 Å². The lowest BCUT2D eigenvalue weighted by atomic mass is 10.5. The first-order valence-corrected chi connectivity index (χ1v) is 2.39. The lowest BCUT2D eigenvalue weighted by Gasteiger charge is -1.78. The molecule has 2 nitrogen and oxygen atoms in total. The SMILES string of the molecule is C=N/C=C\N=C(C)C. The summed E-state index contributed by atoms with van der Waals surface area (Å²) in [5.74, 6) is 0. The van der Waals surface area contributed by atoms with Crippen molar-refractivity contribution in [3.63, 3.8) is 0 Å². The van der Waals surface area contributed by atoms with Crippen molar-refractivity contribution in [3.05, 3.63) is 12.4 Å². The quantitative estimate of drug-likeness (QED) is 0.483. The van der Waals surface area contributed by atoms with Gasteiger partial charge in [-0.15, -0.1) is 0 Å². The highest BCUT2D eigenvalue weighted by atomic mass is 14.7. The first-order valence-electron chi connectivity index (χ1n) is 2.39. The average Bonchev–Trinajstić information content (AvgIpc) is 1.66. The van der Waals surface area contributed by atoms with E-state index in [1.165, 1.54) is 0 Å². The van der Waals surface area contributed by atoms with Crippen molar-refractivity contribution >= 4 is 12.4 Å². The van der Waals surface area contributed by atoms with Gasteiger partial charge in [-0.2, -0.15) is 0 Å². The van der Waals surface area contributed by atoms with E-state index in [1.807, 2.05) is 13.8 Å². The molecule has 0 aliphatic heterocycles. The molecule has 8 heavy (non-hydrogen) atoms. The highest BCUT2D eigenvalue weighted by molar-refractivity contribution is 5.79. The van der Waals surface area contributed by atoms with Crippen molar-refractivity contribution in [2.24, 2.45) is 9.98 Å². The fourth-order valence-corrected chi connectivity index (χ4v) is 0.230. The van der Waals surface area contributed by atoms with Crippen molar-refractivity contribution in [1.82, 2.24) is 0 Å². The first kappa shape index (κ1) is 7.08. The van der Waals surface area contributed by atoms with E-state index in [0.29, 0.717) is 0 Å². The van der Waals surface area contributed by atoms with Gasteiger partial charge in [0.1, 0.15) is 0 Å². The minimum Gasteiger partial charge on any atom is -0.271 e. The van der Waals surface area contributed by atoms with E-state index in [2.05, 4.69) is 16.7 Å². The molecule has 0 aliphatic rings. The second kappa shape index (κ2) is 4.24. The topological polar surface area (TPSA) is 24.7 Å². The van der Waals surface area contributed by atoms with Crippen LogP contribution in [0.15, 0.2) is 22.4 Å². The van der Waals surface area contributed by atoms with Crippen molar-refractivity contribution in [1.29, 1.82) is 0 Å². The summed E-state index contributed by atoms with van der Waals surface area (Å²) in [5, 5.41) is 0. The molecule has 0 amide bonds. The molecule has 0 fully saturated rings. The maximum absolute atomic E-state index is 3.92.